The summed E-state index contributed by atoms with van der Waals surface area (Å²) in [5.41, 5.74) is -6.00. The normalized spacial score (nSPS) is 45.3. The Balaban J connectivity index is 2.02. The van der Waals surface area contributed by atoms with Crippen LogP contribution >= 0.6 is 0 Å². The van der Waals surface area contributed by atoms with E-state index < -0.39 is 75.8 Å². The molecule has 4 rings (SSSR count). The fourth-order valence-corrected chi connectivity index (χ4v) is 8.10. The van der Waals surface area contributed by atoms with Crippen molar-refractivity contribution in [2.75, 3.05) is 6.61 Å². The van der Waals surface area contributed by atoms with Gasteiger partial charge in [0.2, 0.25) is 0 Å². The Morgan fingerprint density at radius 2 is 1.71 bits per heavy atom. The van der Waals surface area contributed by atoms with Crippen LogP contribution in [0.2, 0.25) is 0 Å². The molecular formula is C27H38O8. The average molecular weight is 491 g/mol. The van der Waals surface area contributed by atoms with Crippen LogP contribution in [0.4, 0.5) is 0 Å². The second-order valence-corrected chi connectivity index (χ2v) is 11.7. The predicted octanol–water partition coefficient (Wildman–Crippen LogP) is 2.24. The Morgan fingerprint density at radius 3 is 2.26 bits per heavy atom. The minimum absolute atomic E-state index is 0.0985. The van der Waals surface area contributed by atoms with Crippen LogP contribution in [-0.2, 0) is 23.9 Å². The number of fused-ring (bicyclic) bond motifs is 5. The molecule has 0 radical (unpaired) electrons. The van der Waals surface area contributed by atoms with Crippen LogP contribution in [0.1, 0.15) is 67.7 Å². The van der Waals surface area contributed by atoms with Crippen molar-refractivity contribution in [1.82, 2.24) is 0 Å². The molecule has 2 fully saturated rings. The lowest BCUT2D eigenvalue weighted by Gasteiger charge is -2.58. The smallest absolute Gasteiger partial charge is 0.306 e. The number of carbonyl (C=O) groups is 3. The van der Waals surface area contributed by atoms with Gasteiger partial charge in [0.05, 0.1) is 12.2 Å². The van der Waals surface area contributed by atoms with Crippen LogP contribution in [0.3, 0.4) is 0 Å². The Hall–Kier alpha value is -2.03. The van der Waals surface area contributed by atoms with Crippen molar-refractivity contribution in [3.63, 3.8) is 0 Å². The Morgan fingerprint density at radius 1 is 1.11 bits per heavy atom. The van der Waals surface area contributed by atoms with Crippen molar-refractivity contribution < 1.29 is 39.2 Å². The lowest BCUT2D eigenvalue weighted by molar-refractivity contribution is -0.248. The zero-order valence-corrected chi connectivity index (χ0v) is 21.7. The van der Waals surface area contributed by atoms with Crippen molar-refractivity contribution in [3.05, 3.63) is 23.3 Å². The standard InChI is InChI=1S/C27H38O8/c1-8-18(29)34-21-15(4)26(33)17-10-14(3)20(31)25(17,32)12-16(13-28)11-24(26,7)22-23(5,6)27(21,22)35-19(30)9-2/h10-11,15,17,21-22,28,32-33H,8-9,12-13H2,1-7H3/t15-,17-,21-,22-,24+,25-,26+,27+/m1/s1. The molecule has 4 aliphatic rings. The summed E-state index contributed by atoms with van der Waals surface area (Å²) in [7, 11) is 0. The third-order valence-electron chi connectivity index (χ3n) is 9.59. The molecule has 0 amide bonds. The van der Waals surface area contributed by atoms with Crippen molar-refractivity contribution in [2.24, 2.45) is 28.6 Å². The van der Waals surface area contributed by atoms with Gasteiger partial charge in [-0.25, -0.2) is 0 Å². The van der Waals surface area contributed by atoms with Gasteiger partial charge in [-0.05, 0) is 18.1 Å². The first-order valence-electron chi connectivity index (χ1n) is 12.5. The molecule has 3 N–H and O–H groups in total. The van der Waals surface area contributed by atoms with E-state index in [1.807, 2.05) is 20.8 Å². The van der Waals surface area contributed by atoms with Gasteiger partial charge in [-0.15, -0.1) is 0 Å². The molecule has 8 heteroatoms. The number of ether oxygens (including phenoxy) is 2. The Kier molecular flexibility index (Phi) is 5.75. The first-order valence-corrected chi connectivity index (χ1v) is 12.5. The number of esters is 2. The molecule has 2 saturated carbocycles. The Labute approximate surface area is 206 Å². The number of hydrogen-bond acceptors (Lipinski definition) is 8. The summed E-state index contributed by atoms with van der Waals surface area (Å²) in [5, 5.41) is 34.7. The summed E-state index contributed by atoms with van der Waals surface area (Å²) in [5.74, 6) is -3.77. The van der Waals surface area contributed by atoms with Crippen LogP contribution in [0.15, 0.2) is 23.3 Å². The van der Waals surface area contributed by atoms with E-state index in [1.54, 1.807) is 39.8 Å². The molecule has 0 aromatic carbocycles. The second-order valence-electron chi connectivity index (χ2n) is 11.7. The highest BCUT2D eigenvalue weighted by molar-refractivity contribution is 6.05. The van der Waals surface area contributed by atoms with Crippen LogP contribution in [0.25, 0.3) is 0 Å². The average Bonchev–Trinajstić information content (AvgIpc) is 3.24. The van der Waals surface area contributed by atoms with Gasteiger partial charge in [0.25, 0.3) is 0 Å². The number of rotatable bonds is 5. The van der Waals surface area contributed by atoms with Gasteiger partial charge in [0.1, 0.15) is 11.7 Å². The summed E-state index contributed by atoms with van der Waals surface area (Å²) in [4.78, 5) is 38.5. The molecule has 8 atom stereocenters. The fourth-order valence-electron chi connectivity index (χ4n) is 8.10. The van der Waals surface area contributed by atoms with Crippen molar-refractivity contribution >= 4 is 17.7 Å². The molecule has 8 nitrogen and oxygen atoms in total. The molecule has 35 heavy (non-hydrogen) atoms. The van der Waals surface area contributed by atoms with E-state index in [-0.39, 0.29) is 19.3 Å². The van der Waals surface area contributed by atoms with Crippen LogP contribution in [0.5, 0.6) is 0 Å². The number of ketones is 1. The SMILES string of the molecule is CCC(=O)O[C@@H]1[C@@H](C)[C@]2(O)[C@@H]3C=C(C)C(=O)[C@@]3(O)CC(CO)=C[C@@]2(C)[C@H]2C(C)(C)[C@]12OC(=O)CC. The predicted molar refractivity (Wildman–Crippen MR) is 126 cm³/mol. The molecule has 0 heterocycles. The second kappa shape index (κ2) is 7.73. The summed E-state index contributed by atoms with van der Waals surface area (Å²) >= 11 is 0. The van der Waals surface area contributed by atoms with Crippen molar-refractivity contribution in [1.29, 1.82) is 0 Å². The van der Waals surface area contributed by atoms with Crippen LogP contribution in [0, 0.1) is 28.6 Å². The molecule has 0 aliphatic heterocycles. The highest BCUT2D eigenvalue weighted by Crippen LogP contribution is 2.81. The van der Waals surface area contributed by atoms with Crippen molar-refractivity contribution in [3.8, 4) is 0 Å². The van der Waals surface area contributed by atoms with E-state index in [2.05, 4.69) is 0 Å². The van der Waals surface area contributed by atoms with Crippen LogP contribution < -0.4 is 0 Å². The van der Waals surface area contributed by atoms with Gasteiger partial charge < -0.3 is 24.8 Å². The number of aliphatic hydroxyl groups excluding tert-OH is 1. The molecule has 0 aromatic heterocycles. The molecule has 0 saturated heterocycles. The molecule has 4 aliphatic carbocycles. The zero-order chi connectivity index (χ0) is 26.4. The first-order chi connectivity index (χ1) is 16.1. The van der Waals surface area contributed by atoms with E-state index >= 15 is 0 Å². The molecular weight excluding hydrogens is 452 g/mol. The van der Waals surface area contributed by atoms with Gasteiger partial charge in [-0.3, -0.25) is 14.4 Å². The third kappa shape index (κ3) is 2.93. The van der Waals surface area contributed by atoms with Gasteiger partial charge in [-0.2, -0.15) is 0 Å². The zero-order valence-electron chi connectivity index (χ0n) is 21.7. The summed E-state index contributed by atoms with van der Waals surface area (Å²) in [6.45, 7) is 12.0. The number of aliphatic hydroxyl groups is 3. The molecule has 0 unspecified atom stereocenters. The van der Waals surface area contributed by atoms with E-state index in [4.69, 9.17) is 9.47 Å². The van der Waals surface area contributed by atoms with E-state index in [1.165, 1.54) is 0 Å². The van der Waals surface area contributed by atoms with E-state index in [0.29, 0.717) is 11.1 Å². The number of carbonyl (C=O) groups excluding carboxylic acids is 3. The molecule has 194 valence electrons. The lowest BCUT2D eigenvalue weighted by atomic mass is 9.52. The quantitative estimate of drug-likeness (QED) is 0.395. The van der Waals surface area contributed by atoms with Gasteiger partial charge in [0, 0.05) is 47.8 Å². The van der Waals surface area contributed by atoms with E-state index in [9.17, 15) is 29.7 Å². The summed E-state index contributed by atoms with van der Waals surface area (Å²) < 4.78 is 12.1. The fraction of sp³-hybridized carbons (Fsp3) is 0.741. The number of hydrogen-bond donors (Lipinski definition) is 3. The molecule has 0 aromatic rings. The largest absolute Gasteiger partial charge is 0.458 e. The summed E-state index contributed by atoms with van der Waals surface area (Å²) in [6.07, 6.45) is 2.49. The maximum Gasteiger partial charge on any atom is 0.306 e. The minimum Gasteiger partial charge on any atom is -0.458 e. The molecule has 0 bridgehead atoms. The number of Topliss-reactive ketones (excluding diaryl/α,β-unsaturated/α-hetero) is 1. The highest BCUT2D eigenvalue weighted by Gasteiger charge is 2.91. The topological polar surface area (TPSA) is 130 Å². The van der Waals surface area contributed by atoms with E-state index in [0.717, 1.165) is 0 Å². The van der Waals surface area contributed by atoms with Gasteiger partial charge in [-0.1, -0.05) is 53.7 Å². The highest BCUT2D eigenvalue weighted by atomic mass is 16.6. The monoisotopic (exact) mass is 490 g/mol. The Bertz CT molecular complexity index is 1040. The molecule has 0 spiro atoms. The first kappa shape index (κ1) is 26.0. The summed E-state index contributed by atoms with van der Waals surface area (Å²) in [6, 6.07) is 0. The maximum absolute atomic E-state index is 13.2. The van der Waals surface area contributed by atoms with Crippen LogP contribution in [-0.4, -0.2) is 62.6 Å². The van der Waals surface area contributed by atoms with Crippen molar-refractivity contribution in [2.45, 2.75) is 90.6 Å². The van der Waals surface area contributed by atoms with Gasteiger partial charge in [0.15, 0.2) is 11.4 Å². The third-order valence-corrected chi connectivity index (χ3v) is 9.59. The maximum atomic E-state index is 13.2. The lowest BCUT2D eigenvalue weighted by Crippen LogP contribution is -2.69. The minimum atomic E-state index is -1.95. The van der Waals surface area contributed by atoms with Gasteiger partial charge >= 0.3 is 11.9 Å².